The van der Waals surface area contributed by atoms with Crippen LogP contribution in [0.5, 0.6) is 5.75 Å². The van der Waals surface area contributed by atoms with E-state index in [0.29, 0.717) is 26.6 Å². The van der Waals surface area contributed by atoms with Crippen LogP contribution in [0.4, 0.5) is 0 Å². The standard InChI is InChI=1S/C19H14Br2Cl2N2O2S/c1-24-16(18(26)25(2)19(24)28)7-10-5-13(20)17(14(21)6-10)27-9-11-3-4-12(22)8-15(11)23/h3-8H,9H2,1-2H3/b16-7-. The summed E-state index contributed by atoms with van der Waals surface area (Å²) in [5.74, 6) is 0.490. The summed E-state index contributed by atoms with van der Waals surface area (Å²) < 4.78 is 7.40. The van der Waals surface area contributed by atoms with Crippen molar-refractivity contribution < 1.29 is 9.53 Å². The maximum Gasteiger partial charge on any atom is 0.276 e. The van der Waals surface area contributed by atoms with Crippen molar-refractivity contribution in [2.45, 2.75) is 6.61 Å². The third-order valence-corrected chi connectivity index (χ3v) is 6.48. The Kier molecular flexibility index (Phi) is 6.72. The smallest absolute Gasteiger partial charge is 0.276 e. The number of hydrogen-bond donors (Lipinski definition) is 0. The number of halogens is 4. The second-order valence-electron chi connectivity index (χ2n) is 6.07. The number of rotatable bonds is 4. The number of carbonyl (C=O) groups excluding carboxylic acids is 1. The molecule has 1 fully saturated rings. The first-order valence-electron chi connectivity index (χ1n) is 8.02. The van der Waals surface area contributed by atoms with Crippen LogP contribution in [0.2, 0.25) is 10.0 Å². The molecule has 0 aliphatic carbocycles. The molecule has 2 aromatic rings. The molecule has 0 unspecified atom stereocenters. The molecule has 1 aliphatic rings. The quantitative estimate of drug-likeness (QED) is 0.330. The fraction of sp³-hybridized carbons (Fsp3) is 0.158. The maximum atomic E-state index is 12.3. The summed E-state index contributed by atoms with van der Waals surface area (Å²) in [6, 6.07) is 9.02. The number of likely N-dealkylation sites (N-methyl/N-ethyl adjacent to an activating group) is 2. The molecule has 2 aromatic carbocycles. The van der Waals surface area contributed by atoms with Crippen molar-refractivity contribution >= 4 is 84.4 Å². The molecular weight excluding hydrogens is 551 g/mol. The zero-order chi connectivity index (χ0) is 20.6. The highest BCUT2D eigenvalue weighted by Crippen LogP contribution is 2.37. The summed E-state index contributed by atoms with van der Waals surface area (Å²) in [4.78, 5) is 15.5. The summed E-state index contributed by atoms with van der Waals surface area (Å²) in [6.45, 7) is 0.286. The van der Waals surface area contributed by atoms with Crippen molar-refractivity contribution in [1.82, 2.24) is 9.80 Å². The van der Waals surface area contributed by atoms with Gasteiger partial charge in [-0.15, -0.1) is 0 Å². The lowest BCUT2D eigenvalue weighted by Crippen LogP contribution is -2.26. The van der Waals surface area contributed by atoms with Crippen LogP contribution in [0, 0.1) is 0 Å². The Morgan fingerprint density at radius 2 is 1.75 bits per heavy atom. The van der Waals surface area contributed by atoms with E-state index in [4.69, 9.17) is 40.2 Å². The van der Waals surface area contributed by atoms with Gasteiger partial charge >= 0.3 is 0 Å². The lowest BCUT2D eigenvalue weighted by molar-refractivity contribution is -0.121. The van der Waals surface area contributed by atoms with Crippen LogP contribution in [0.25, 0.3) is 6.08 Å². The monoisotopic (exact) mass is 562 g/mol. The van der Waals surface area contributed by atoms with E-state index >= 15 is 0 Å². The van der Waals surface area contributed by atoms with Crippen molar-refractivity contribution in [2.75, 3.05) is 14.1 Å². The van der Waals surface area contributed by atoms with E-state index in [0.717, 1.165) is 20.1 Å². The predicted molar refractivity (Wildman–Crippen MR) is 124 cm³/mol. The molecule has 0 saturated carbocycles. The molecule has 0 aromatic heterocycles. The Hall–Kier alpha value is -1.12. The zero-order valence-corrected chi connectivity index (χ0v) is 20.3. The Balaban J connectivity index is 1.84. The van der Waals surface area contributed by atoms with Gasteiger partial charge in [0.1, 0.15) is 18.1 Å². The third kappa shape index (κ3) is 4.39. The molecule has 0 spiro atoms. The van der Waals surface area contributed by atoms with E-state index in [1.54, 1.807) is 37.2 Å². The molecule has 28 heavy (non-hydrogen) atoms. The van der Waals surface area contributed by atoms with Gasteiger partial charge in [-0.25, -0.2) is 0 Å². The van der Waals surface area contributed by atoms with Gasteiger partial charge in [0.25, 0.3) is 5.91 Å². The second kappa shape index (κ2) is 8.71. The van der Waals surface area contributed by atoms with E-state index in [1.807, 2.05) is 18.2 Å². The van der Waals surface area contributed by atoms with Crippen LogP contribution < -0.4 is 4.74 Å². The van der Waals surface area contributed by atoms with Gasteiger partial charge in [0, 0.05) is 29.7 Å². The highest BCUT2D eigenvalue weighted by molar-refractivity contribution is 9.11. The van der Waals surface area contributed by atoms with Gasteiger partial charge < -0.3 is 9.64 Å². The average molecular weight is 565 g/mol. The van der Waals surface area contributed by atoms with Crippen LogP contribution in [0.3, 0.4) is 0 Å². The number of amides is 1. The Morgan fingerprint density at radius 1 is 1.11 bits per heavy atom. The fourth-order valence-corrected chi connectivity index (χ4v) is 4.73. The largest absolute Gasteiger partial charge is 0.486 e. The minimum atomic E-state index is -0.141. The number of nitrogens with zero attached hydrogens (tertiary/aromatic N) is 2. The van der Waals surface area contributed by atoms with Crippen molar-refractivity contribution in [3.63, 3.8) is 0 Å². The van der Waals surface area contributed by atoms with Gasteiger partial charge in [-0.3, -0.25) is 9.69 Å². The number of ether oxygens (including phenoxy) is 1. The molecule has 9 heteroatoms. The molecule has 0 bridgehead atoms. The summed E-state index contributed by atoms with van der Waals surface area (Å²) in [7, 11) is 3.43. The minimum Gasteiger partial charge on any atom is -0.486 e. The molecule has 1 heterocycles. The van der Waals surface area contributed by atoms with Crippen LogP contribution in [0.15, 0.2) is 45.0 Å². The van der Waals surface area contributed by atoms with Gasteiger partial charge in [0.2, 0.25) is 0 Å². The molecule has 0 radical (unpaired) electrons. The van der Waals surface area contributed by atoms with Crippen molar-refractivity contribution in [3.8, 4) is 5.75 Å². The first-order valence-corrected chi connectivity index (χ1v) is 10.8. The van der Waals surface area contributed by atoms with Crippen LogP contribution in [-0.2, 0) is 11.4 Å². The number of benzene rings is 2. The van der Waals surface area contributed by atoms with Gasteiger partial charge in [-0.2, -0.15) is 0 Å². The first-order chi connectivity index (χ1) is 13.2. The first kappa shape index (κ1) is 21.6. The second-order valence-corrected chi connectivity index (χ2v) is 8.99. The van der Waals surface area contributed by atoms with Crippen LogP contribution >= 0.6 is 67.3 Å². The van der Waals surface area contributed by atoms with Gasteiger partial charge in [0.05, 0.1) is 8.95 Å². The van der Waals surface area contributed by atoms with Crippen molar-refractivity contribution in [2.24, 2.45) is 0 Å². The average Bonchev–Trinajstić information content (AvgIpc) is 2.80. The summed E-state index contributed by atoms with van der Waals surface area (Å²) >= 11 is 24.4. The minimum absolute atomic E-state index is 0.141. The molecule has 146 valence electrons. The van der Waals surface area contributed by atoms with Gasteiger partial charge in [-0.1, -0.05) is 29.3 Å². The molecular formula is C19H14Br2Cl2N2O2S. The van der Waals surface area contributed by atoms with Crippen LogP contribution in [0.1, 0.15) is 11.1 Å². The molecule has 1 saturated heterocycles. The molecule has 1 amide bonds. The lowest BCUT2D eigenvalue weighted by atomic mass is 10.1. The Morgan fingerprint density at radius 3 is 2.29 bits per heavy atom. The summed E-state index contributed by atoms with van der Waals surface area (Å²) in [6.07, 6.45) is 1.79. The molecule has 1 aliphatic heterocycles. The highest BCUT2D eigenvalue weighted by atomic mass is 79.9. The highest BCUT2D eigenvalue weighted by Gasteiger charge is 2.32. The fourth-order valence-electron chi connectivity index (χ4n) is 2.64. The predicted octanol–water partition coefficient (Wildman–Crippen LogP) is 6.13. The topological polar surface area (TPSA) is 32.8 Å². The molecule has 4 nitrogen and oxygen atoms in total. The van der Waals surface area contributed by atoms with Crippen molar-refractivity contribution in [1.29, 1.82) is 0 Å². The number of carbonyl (C=O) groups is 1. The number of thiocarbonyl (C=S) groups is 1. The zero-order valence-electron chi connectivity index (χ0n) is 14.8. The molecule has 0 atom stereocenters. The molecule has 3 rings (SSSR count). The Bertz CT molecular complexity index is 990. The van der Waals surface area contributed by atoms with E-state index in [2.05, 4.69) is 31.9 Å². The van der Waals surface area contributed by atoms with Crippen molar-refractivity contribution in [3.05, 3.63) is 66.1 Å². The lowest BCUT2D eigenvalue weighted by Gasteiger charge is -2.13. The third-order valence-electron chi connectivity index (χ3n) is 4.17. The maximum absolute atomic E-state index is 12.3. The van der Waals surface area contributed by atoms with Crippen LogP contribution in [-0.4, -0.2) is 34.9 Å². The van der Waals surface area contributed by atoms with E-state index < -0.39 is 0 Å². The van der Waals surface area contributed by atoms with E-state index in [1.165, 1.54) is 4.90 Å². The normalized spacial score (nSPS) is 15.7. The van der Waals surface area contributed by atoms with E-state index in [-0.39, 0.29) is 12.5 Å². The van der Waals surface area contributed by atoms with E-state index in [9.17, 15) is 4.79 Å². The SMILES string of the molecule is CN1C(=O)/C(=C/c2cc(Br)c(OCc3ccc(Cl)cc3Cl)c(Br)c2)N(C)C1=S. The van der Waals surface area contributed by atoms with Gasteiger partial charge in [-0.05, 0) is 80.0 Å². The van der Waals surface area contributed by atoms with Gasteiger partial charge in [0.15, 0.2) is 5.11 Å². The molecule has 0 N–H and O–H groups in total. The number of hydrogen-bond acceptors (Lipinski definition) is 3. The Labute approximate surface area is 195 Å². The summed E-state index contributed by atoms with van der Waals surface area (Å²) in [5, 5.41) is 1.59. The summed E-state index contributed by atoms with van der Waals surface area (Å²) in [5.41, 5.74) is 2.16.